The highest BCUT2D eigenvalue weighted by Crippen LogP contribution is 2.27. The van der Waals surface area contributed by atoms with Crippen LogP contribution >= 0.6 is 11.8 Å². The minimum atomic E-state index is 0.323. The molecule has 0 radical (unpaired) electrons. The van der Waals surface area contributed by atoms with Gasteiger partial charge in [-0.1, -0.05) is 10.4 Å². The summed E-state index contributed by atoms with van der Waals surface area (Å²) in [6.45, 7) is 4.20. The fraction of sp³-hybridized carbons (Fsp3) is 0.208. The second-order valence-electron chi connectivity index (χ2n) is 7.58. The molecule has 0 spiro atoms. The van der Waals surface area contributed by atoms with E-state index in [1.807, 2.05) is 68.6 Å². The van der Waals surface area contributed by atoms with Crippen LogP contribution in [0.4, 0.5) is 0 Å². The molecule has 0 aliphatic carbocycles. The highest BCUT2D eigenvalue weighted by molar-refractivity contribution is 7.98. The van der Waals surface area contributed by atoms with Crippen molar-refractivity contribution in [2.75, 3.05) is 13.4 Å². The SMILES string of the molecule is COc1ccc(-c2nc(Cn3nnc(-c4nc(-c5ccc(SC)cc5)no4)c3C)c(C)o2)cc1. The topological polar surface area (TPSA) is 105 Å². The van der Waals surface area contributed by atoms with Crippen molar-refractivity contribution in [1.82, 2.24) is 30.1 Å². The van der Waals surface area contributed by atoms with Gasteiger partial charge < -0.3 is 13.7 Å². The molecular weight excluding hydrogens is 452 g/mol. The third-order valence-corrected chi connectivity index (χ3v) is 6.23. The van der Waals surface area contributed by atoms with Crippen LogP contribution in [0, 0.1) is 13.8 Å². The summed E-state index contributed by atoms with van der Waals surface area (Å²) in [5.74, 6) is 2.87. The summed E-state index contributed by atoms with van der Waals surface area (Å²) in [6, 6.07) is 15.6. The van der Waals surface area contributed by atoms with Crippen molar-refractivity contribution in [2.24, 2.45) is 0 Å². The molecule has 172 valence electrons. The minimum Gasteiger partial charge on any atom is -0.497 e. The molecule has 0 N–H and O–H groups in total. The predicted octanol–water partition coefficient (Wildman–Crippen LogP) is 5.05. The van der Waals surface area contributed by atoms with Gasteiger partial charge in [0.15, 0.2) is 5.69 Å². The Labute approximate surface area is 200 Å². The summed E-state index contributed by atoms with van der Waals surface area (Å²) >= 11 is 1.68. The standard InChI is InChI=1S/C24H22N6O3S/c1-14-21(24-26-22(28-33-24)16-7-11-19(34-4)12-8-16)27-29-30(14)13-20-15(2)32-23(25-20)17-5-9-18(31-3)10-6-17/h5-12H,13H2,1-4H3. The van der Waals surface area contributed by atoms with Gasteiger partial charge in [-0.15, -0.1) is 16.9 Å². The van der Waals surface area contributed by atoms with Gasteiger partial charge in [-0.25, -0.2) is 9.67 Å². The predicted molar refractivity (Wildman–Crippen MR) is 128 cm³/mol. The van der Waals surface area contributed by atoms with Crippen LogP contribution in [0.15, 0.2) is 62.4 Å². The molecule has 0 aliphatic heterocycles. The van der Waals surface area contributed by atoms with Gasteiger partial charge in [0, 0.05) is 16.0 Å². The fourth-order valence-corrected chi connectivity index (χ4v) is 3.87. The van der Waals surface area contributed by atoms with Crippen molar-refractivity contribution >= 4 is 11.8 Å². The summed E-state index contributed by atoms with van der Waals surface area (Å²) in [6.07, 6.45) is 2.04. The summed E-state index contributed by atoms with van der Waals surface area (Å²) in [5, 5.41) is 12.7. The molecule has 0 saturated carbocycles. The van der Waals surface area contributed by atoms with E-state index in [0.29, 0.717) is 29.8 Å². The zero-order chi connectivity index (χ0) is 23.7. The summed E-state index contributed by atoms with van der Waals surface area (Å²) in [7, 11) is 1.63. The maximum atomic E-state index is 5.89. The lowest BCUT2D eigenvalue weighted by Crippen LogP contribution is -2.05. The van der Waals surface area contributed by atoms with Crippen LogP contribution in [-0.2, 0) is 6.54 Å². The quantitative estimate of drug-likeness (QED) is 0.300. The van der Waals surface area contributed by atoms with Crippen molar-refractivity contribution in [3.63, 3.8) is 0 Å². The molecule has 0 unspecified atom stereocenters. The molecule has 34 heavy (non-hydrogen) atoms. The van der Waals surface area contributed by atoms with Crippen molar-refractivity contribution in [3.8, 4) is 40.2 Å². The molecule has 10 heteroatoms. The molecule has 5 rings (SSSR count). The van der Waals surface area contributed by atoms with Crippen molar-refractivity contribution in [2.45, 2.75) is 25.3 Å². The Morgan fingerprint density at radius 2 is 1.68 bits per heavy atom. The maximum absolute atomic E-state index is 5.89. The number of aromatic nitrogens is 6. The van der Waals surface area contributed by atoms with Crippen LogP contribution in [0.2, 0.25) is 0 Å². The average molecular weight is 475 g/mol. The normalized spacial score (nSPS) is 11.2. The third kappa shape index (κ3) is 4.19. The molecule has 3 aromatic heterocycles. The molecule has 0 amide bonds. The first-order valence-corrected chi connectivity index (χ1v) is 11.8. The van der Waals surface area contributed by atoms with E-state index < -0.39 is 0 Å². The van der Waals surface area contributed by atoms with Crippen LogP contribution in [-0.4, -0.2) is 43.5 Å². The number of methoxy groups -OCH3 is 1. The first-order chi connectivity index (χ1) is 16.6. The van der Waals surface area contributed by atoms with Gasteiger partial charge in [-0.3, -0.25) is 0 Å². The molecule has 9 nitrogen and oxygen atoms in total. The lowest BCUT2D eigenvalue weighted by molar-refractivity contribution is 0.415. The molecule has 0 saturated heterocycles. The largest absolute Gasteiger partial charge is 0.497 e. The van der Waals surface area contributed by atoms with E-state index in [1.165, 1.54) is 4.90 Å². The molecule has 0 bridgehead atoms. The minimum absolute atomic E-state index is 0.323. The van der Waals surface area contributed by atoms with Crippen LogP contribution < -0.4 is 4.74 Å². The van der Waals surface area contributed by atoms with Gasteiger partial charge in [-0.05, 0) is 68.6 Å². The monoisotopic (exact) mass is 474 g/mol. The molecule has 2 aromatic carbocycles. The summed E-state index contributed by atoms with van der Waals surface area (Å²) in [5.41, 5.74) is 3.85. The van der Waals surface area contributed by atoms with Crippen molar-refractivity contribution < 1.29 is 13.7 Å². The van der Waals surface area contributed by atoms with Crippen LogP contribution in [0.3, 0.4) is 0 Å². The summed E-state index contributed by atoms with van der Waals surface area (Å²) in [4.78, 5) is 10.4. The van der Waals surface area contributed by atoms with E-state index in [9.17, 15) is 0 Å². The zero-order valence-corrected chi connectivity index (χ0v) is 20.0. The Bertz CT molecular complexity index is 1420. The van der Waals surface area contributed by atoms with E-state index >= 15 is 0 Å². The third-order valence-electron chi connectivity index (χ3n) is 5.49. The van der Waals surface area contributed by atoms with E-state index in [-0.39, 0.29) is 0 Å². The number of oxazole rings is 1. The Kier molecular flexibility index (Phi) is 5.89. The highest BCUT2D eigenvalue weighted by Gasteiger charge is 2.20. The number of hydrogen-bond donors (Lipinski definition) is 0. The van der Waals surface area contributed by atoms with E-state index in [4.69, 9.17) is 13.7 Å². The highest BCUT2D eigenvalue weighted by atomic mass is 32.2. The van der Waals surface area contributed by atoms with Crippen LogP contribution in [0.5, 0.6) is 5.75 Å². The van der Waals surface area contributed by atoms with Crippen LogP contribution in [0.25, 0.3) is 34.4 Å². The van der Waals surface area contributed by atoms with Gasteiger partial charge in [0.05, 0.1) is 19.3 Å². The molecular formula is C24H22N6O3S. The summed E-state index contributed by atoms with van der Waals surface area (Å²) < 4.78 is 18.3. The van der Waals surface area contributed by atoms with E-state index in [0.717, 1.165) is 34.0 Å². The van der Waals surface area contributed by atoms with Crippen LogP contribution in [0.1, 0.15) is 17.1 Å². The lowest BCUT2D eigenvalue weighted by atomic mass is 10.2. The maximum Gasteiger partial charge on any atom is 0.280 e. The van der Waals surface area contributed by atoms with E-state index in [2.05, 4.69) is 25.4 Å². The van der Waals surface area contributed by atoms with E-state index in [1.54, 1.807) is 23.6 Å². The molecule has 3 heterocycles. The lowest BCUT2D eigenvalue weighted by Gasteiger charge is -2.01. The van der Waals surface area contributed by atoms with Crippen molar-refractivity contribution in [1.29, 1.82) is 0 Å². The van der Waals surface area contributed by atoms with Crippen molar-refractivity contribution in [3.05, 3.63) is 65.7 Å². The number of ether oxygens (including phenoxy) is 1. The molecule has 0 fully saturated rings. The first kappa shape index (κ1) is 21.9. The number of benzene rings is 2. The number of nitrogens with zero attached hydrogens (tertiary/aromatic N) is 6. The zero-order valence-electron chi connectivity index (χ0n) is 19.1. The fourth-order valence-electron chi connectivity index (χ4n) is 3.46. The number of rotatable bonds is 7. The van der Waals surface area contributed by atoms with Gasteiger partial charge in [0.2, 0.25) is 11.7 Å². The number of thioether (sulfide) groups is 1. The van der Waals surface area contributed by atoms with Gasteiger partial charge in [-0.2, -0.15) is 4.98 Å². The first-order valence-electron chi connectivity index (χ1n) is 10.5. The molecule has 0 aliphatic rings. The number of aryl methyl sites for hydroxylation is 1. The van der Waals surface area contributed by atoms with Gasteiger partial charge >= 0.3 is 0 Å². The molecule has 0 atom stereocenters. The Hall–Kier alpha value is -3.92. The Morgan fingerprint density at radius 1 is 0.941 bits per heavy atom. The number of hydrogen-bond acceptors (Lipinski definition) is 9. The second kappa shape index (κ2) is 9.14. The second-order valence-corrected chi connectivity index (χ2v) is 8.46. The molecule has 5 aromatic rings. The smallest absolute Gasteiger partial charge is 0.280 e. The Morgan fingerprint density at radius 3 is 2.38 bits per heavy atom. The van der Waals surface area contributed by atoms with Gasteiger partial charge in [0.25, 0.3) is 5.89 Å². The van der Waals surface area contributed by atoms with Gasteiger partial charge in [0.1, 0.15) is 17.2 Å². The Balaban J connectivity index is 1.36. The average Bonchev–Trinajstić information content (AvgIpc) is 3.59.